The van der Waals surface area contributed by atoms with E-state index < -0.39 is 0 Å². The molecule has 0 fully saturated rings. The first-order valence-electron chi connectivity index (χ1n) is 8.47. The molecule has 7 heteroatoms. The minimum absolute atomic E-state index is 0.107. The van der Waals surface area contributed by atoms with E-state index in [4.69, 9.17) is 21.1 Å². The van der Waals surface area contributed by atoms with E-state index in [1.165, 1.54) is 0 Å². The minimum Gasteiger partial charge on any atom is -0.493 e. The Hall–Kier alpha value is -2.99. The molecule has 27 heavy (non-hydrogen) atoms. The largest absolute Gasteiger partial charge is 0.493 e. The maximum absolute atomic E-state index is 12.7. The van der Waals surface area contributed by atoms with Gasteiger partial charge in [0.1, 0.15) is 11.7 Å². The lowest BCUT2D eigenvalue weighted by molar-refractivity contribution is 0.104. The lowest BCUT2D eigenvalue weighted by Gasteiger charge is -2.31. The SMILES string of the molecule is COc1cc2c(cc1OC)C1=NCCN1C(=CC(=O)c1ccc(Cl)cc1)N2. The smallest absolute Gasteiger partial charge is 0.189 e. The van der Waals surface area contributed by atoms with Crippen molar-refractivity contribution in [1.82, 2.24) is 4.90 Å². The van der Waals surface area contributed by atoms with Crippen molar-refractivity contribution in [3.63, 3.8) is 0 Å². The summed E-state index contributed by atoms with van der Waals surface area (Å²) in [6.07, 6.45) is 1.59. The zero-order chi connectivity index (χ0) is 19.0. The van der Waals surface area contributed by atoms with Crippen molar-refractivity contribution in [2.45, 2.75) is 0 Å². The lowest BCUT2D eigenvalue weighted by atomic mass is 10.1. The van der Waals surface area contributed by atoms with Gasteiger partial charge in [0.15, 0.2) is 17.3 Å². The Bertz CT molecular complexity index is 967. The van der Waals surface area contributed by atoms with Crippen molar-refractivity contribution < 1.29 is 14.3 Å². The normalized spacial score (nSPS) is 16.3. The van der Waals surface area contributed by atoms with Crippen LogP contribution in [0.2, 0.25) is 5.02 Å². The molecule has 2 aromatic carbocycles. The molecule has 2 aromatic rings. The Labute approximate surface area is 162 Å². The number of carbonyl (C=O) groups excluding carboxylic acids is 1. The number of amidine groups is 1. The number of methoxy groups -OCH3 is 2. The highest BCUT2D eigenvalue weighted by Gasteiger charge is 2.31. The van der Waals surface area contributed by atoms with Crippen LogP contribution in [0, 0.1) is 0 Å². The molecular weight excluding hydrogens is 366 g/mol. The summed E-state index contributed by atoms with van der Waals surface area (Å²) in [6.45, 7) is 1.37. The summed E-state index contributed by atoms with van der Waals surface area (Å²) < 4.78 is 10.8. The van der Waals surface area contributed by atoms with Crippen molar-refractivity contribution in [3.05, 3.63) is 64.4 Å². The fourth-order valence-electron chi connectivity index (χ4n) is 3.22. The number of ketones is 1. The Morgan fingerprint density at radius 2 is 1.89 bits per heavy atom. The number of nitrogens with one attached hydrogen (secondary N) is 1. The molecule has 0 bridgehead atoms. The number of nitrogens with zero attached hydrogens (tertiary/aromatic N) is 2. The van der Waals surface area contributed by atoms with E-state index in [2.05, 4.69) is 10.3 Å². The molecule has 2 aliphatic rings. The summed E-state index contributed by atoms with van der Waals surface area (Å²) in [4.78, 5) is 19.3. The molecule has 138 valence electrons. The number of fused-ring (bicyclic) bond motifs is 3. The summed E-state index contributed by atoms with van der Waals surface area (Å²) in [5.74, 6) is 2.64. The summed E-state index contributed by atoms with van der Waals surface area (Å²) >= 11 is 5.91. The third-order valence-corrected chi connectivity index (χ3v) is 4.81. The summed E-state index contributed by atoms with van der Waals surface area (Å²) in [5, 5.41) is 3.93. The second-order valence-electron chi connectivity index (χ2n) is 6.14. The van der Waals surface area contributed by atoms with Gasteiger partial charge in [-0.3, -0.25) is 9.79 Å². The zero-order valence-electron chi connectivity index (χ0n) is 15.0. The van der Waals surface area contributed by atoms with Gasteiger partial charge in [0, 0.05) is 34.8 Å². The number of halogens is 1. The van der Waals surface area contributed by atoms with Crippen molar-refractivity contribution in [2.24, 2.45) is 4.99 Å². The molecule has 2 aliphatic heterocycles. The standard InChI is InChI=1S/C20H18ClN3O3/c1-26-17-9-14-15(10-18(17)27-2)23-19(24-8-7-22-20(14)24)11-16(25)12-3-5-13(21)6-4-12/h3-6,9-11,23H,7-8H2,1-2H3. The van der Waals surface area contributed by atoms with Crippen molar-refractivity contribution in [2.75, 3.05) is 32.6 Å². The van der Waals surface area contributed by atoms with Gasteiger partial charge in [-0.1, -0.05) is 11.6 Å². The molecule has 1 N–H and O–H groups in total. The van der Waals surface area contributed by atoms with E-state index in [1.54, 1.807) is 44.6 Å². The number of anilines is 1. The topological polar surface area (TPSA) is 63.2 Å². The quantitative estimate of drug-likeness (QED) is 0.646. The molecular formula is C20H18ClN3O3. The number of aliphatic imine (C=N–C) groups is 1. The Balaban J connectivity index is 1.74. The Kier molecular flexibility index (Phi) is 4.49. The number of carbonyl (C=O) groups is 1. The number of rotatable bonds is 4. The van der Waals surface area contributed by atoms with Crippen LogP contribution in [-0.4, -0.2) is 43.8 Å². The van der Waals surface area contributed by atoms with E-state index in [9.17, 15) is 4.79 Å². The van der Waals surface area contributed by atoms with Crippen LogP contribution in [0.25, 0.3) is 0 Å². The van der Waals surface area contributed by atoms with Crippen molar-refractivity contribution in [3.8, 4) is 11.5 Å². The van der Waals surface area contributed by atoms with Crippen LogP contribution >= 0.6 is 11.6 Å². The van der Waals surface area contributed by atoms with Crippen molar-refractivity contribution in [1.29, 1.82) is 0 Å². The second kappa shape index (κ2) is 6.96. The van der Waals surface area contributed by atoms with Gasteiger partial charge in [-0.05, 0) is 30.3 Å². The van der Waals surface area contributed by atoms with Crippen molar-refractivity contribution >= 4 is 28.9 Å². The molecule has 0 radical (unpaired) electrons. The van der Waals surface area contributed by atoms with Crippen LogP contribution in [0.1, 0.15) is 15.9 Å². The highest BCUT2D eigenvalue weighted by Crippen LogP contribution is 2.38. The minimum atomic E-state index is -0.107. The Morgan fingerprint density at radius 3 is 2.59 bits per heavy atom. The third kappa shape index (κ3) is 3.13. The van der Waals surface area contributed by atoms with E-state index in [-0.39, 0.29) is 5.78 Å². The average Bonchev–Trinajstić information content (AvgIpc) is 3.18. The molecule has 0 saturated heterocycles. The molecule has 0 atom stereocenters. The number of benzene rings is 2. The third-order valence-electron chi connectivity index (χ3n) is 4.56. The number of allylic oxidation sites excluding steroid dienone is 1. The van der Waals surface area contributed by atoms with Gasteiger partial charge in [-0.2, -0.15) is 0 Å². The Morgan fingerprint density at radius 1 is 1.19 bits per heavy atom. The van der Waals surface area contributed by atoms with E-state index >= 15 is 0 Å². The first-order valence-corrected chi connectivity index (χ1v) is 8.85. The van der Waals surface area contributed by atoms with E-state index in [0.717, 1.165) is 17.1 Å². The molecule has 0 amide bonds. The zero-order valence-corrected chi connectivity index (χ0v) is 15.7. The average molecular weight is 384 g/mol. The molecule has 0 saturated carbocycles. The van der Waals surface area contributed by atoms with Crippen LogP contribution in [0.4, 0.5) is 5.69 Å². The number of ether oxygens (including phenoxy) is 2. The number of hydrogen-bond donors (Lipinski definition) is 1. The van der Waals surface area contributed by atoms with Gasteiger partial charge in [0.2, 0.25) is 0 Å². The molecule has 0 unspecified atom stereocenters. The van der Waals surface area contributed by atoms with Gasteiger partial charge in [0.25, 0.3) is 0 Å². The van der Waals surface area contributed by atoms with Crippen LogP contribution in [-0.2, 0) is 0 Å². The highest BCUT2D eigenvalue weighted by molar-refractivity contribution is 6.30. The second-order valence-corrected chi connectivity index (χ2v) is 6.57. The van der Waals surface area contributed by atoms with Crippen LogP contribution in [0.3, 0.4) is 0 Å². The summed E-state index contributed by atoms with van der Waals surface area (Å²) in [6, 6.07) is 10.6. The van der Waals surface area contributed by atoms with Gasteiger partial charge in [0.05, 0.1) is 26.5 Å². The molecule has 0 spiro atoms. The van der Waals surface area contributed by atoms with Gasteiger partial charge >= 0.3 is 0 Å². The van der Waals surface area contributed by atoms with Crippen LogP contribution in [0.15, 0.2) is 53.3 Å². The predicted octanol–water partition coefficient (Wildman–Crippen LogP) is 3.57. The van der Waals surface area contributed by atoms with E-state index in [0.29, 0.717) is 41.0 Å². The van der Waals surface area contributed by atoms with Gasteiger partial charge < -0.3 is 19.7 Å². The van der Waals surface area contributed by atoms with E-state index in [1.807, 2.05) is 17.0 Å². The predicted molar refractivity (Wildman–Crippen MR) is 105 cm³/mol. The fraction of sp³-hybridized carbons (Fsp3) is 0.200. The first-order chi connectivity index (χ1) is 13.1. The highest BCUT2D eigenvalue weighted by atomic mass is 35.5. The maximum Gasteiger partial charge on any atom is 0.189 e. The molecule has 4 rings (SSSR count). The monoisotopic (exact) mass is 383 g/mol. The summed E-state index contributed by atoms with van der Waals surface area (Å²) in [5.41, 5.74) is 2.31. The molecule has 2 heterocycles. The lowest BCUT2D eigenvalue weighted by Crippen LogP contribution is -2.36. The van der Waals surface area contributed by atoms with Crippen LogP contribution < -0.4 is 14.8 Å². The van der Waals surface area contributed by atoms with Gasteiger partial charge in [-0.25, -0.2) is 0 Å². The fourth-order valence-corrected chi connectivity index (χ4v) is 3.35. The molecule has 0 aromatic heterocycles. The number of hydrogen-bond acceptors (Lipinski definition) is 6. The van der Waals surface area contributed by atoms with Crippen LogP contribution in [0.5, 0.6) is 11.5 Å². The first kappa shape index (κ1) is 17.4. The summed E-state index contributed by atoms with van der Waals surface area (Å²) in [7, 11) is 3.19. The molecule has 0 aliphatic carbocycles. The maximum atomic E-state index is 12.7. The molecule has 6 nitrogen and oxygen atoms in total. The van der Waals surface area contributed by atoms with Gasteiger partial charge in [-0.15, -0.1) is 0 Å².